The van der Waals surface area contributed by atoms with Crippen LogP contribution in [-0.4, -0.2) is 34.5 Å². The van der Waals surface area contributed by atoms with E-state index in [1.54, 1.807) is 6.92 Å². The van der Waals surface area contributed by atoms with Crippen LogP contribution in [-0.2, 0) is 6.54 Å². The van der Waals surface area contributed by atoms with Crippen molar-refractivity contribution in [3.05, 3.63) is 41.0 Å². The first-order valence-corrected chi connectivity index (χ1v) is 6.93. The summed E-state index contributed by atoms with van der Waals surface area (Å²) in [6, 6.07) is 5.97. The van der Waals surface area contributed by atoms with E-state index in [2.05, 4.69) is 15.5 Å². The molecule has 6 heteroatoms. The second-order valence-corrected chi connectivity index (χ2v) is 5.05. The highest BCUT2D eigenvalue weighted by Crippen LogP contribution is 2.22. The van der Waals surface area contributed by atoms with Gasteiger partial charge in [-0.05, 0) is 25.0 Å². The summed E-state index contributed by atoms with van der Waals surface area (Å²) >= 11 is 0. The number of aliphatic hydroxyl groups is 1. The molecule has 114 valence electrons. The lowest BCUT2D eigenvalue weighted by molar-refractivity contribution is 0.105. The first-order valence-electron chi connectivity index (χ1n) is 6.93. The van der Waals surface area contributed by atoms with E-state index in [1.165, 1.54) is 0 Å². The topological polar surface area (TPSA) is 80.4 Å². The fourth-order valence-corrected chi connectivity index (χ4v) is 2.03. The van der Waals surface area contributed by atoms with Crippen LogP contribution in [0.2, 0.25) is 0 Å². The molecule has 1 heterocycles. The van der Waals surface area contributed by atoms with Crippen molar-refractivity contribution in [2.24, 2.45) is 0 Å². The van der Waals surface area contributed by atoms with Gasteiger partial charge in [0.1, 0.15) is 18.5 Å². The summed E-state index contributed by atoms with van der Waals surface area (Å²) in [5.74, 6) is 1.95. The number of para-hydroxylation sites is 1. The summed E-state index contributed by atoms with van der Waals surface area (Å²) in [5.41, 5.74) is 2.13. The zero-order valence-electron chi connectivity index (χ0n) is 12.6. The molecule has 0 aliphatic carbocycles. The lowest BCUT2D eigenvalue weighted by Gasteiger charge is -2.15. The SMILES string of the molecule is Cc1nc(CNCC(O)COc2c(C)cccc2C)no1. The summed E-state index contributed by atoms with van der Waals surface area (Å²) in [7, 11) is 0. The maximum Gasteiger partial charge on any atom is 0.223 e. The zero-order valence-corrected chi connectivity index (χ0v) is 12.6. The third-order valence-electron chi connectivity index (χ3n) is 3.06. The number of hydrogen-bond donors (Lipinski definition) is 2. The molecule has 0 amide bonds. The summed E-state index contributed by atoms with van der Waals surface area (Å²) in [4.78, 5) is 4.07. The number of hydrogen-bond acceptors (Lipinski definition) is 6. The van der Waals surface area contributed by atoms with Crippen molar-refractivity contribution in [3.8, 4) is 5.75 Å². The van der Waals surface area contributed by atoms with Crippen LogP contribution in [0.4, 0.5) is 0 Å². The van der Waals surface area contributed by atoms with E-state index in [-0.39, 0.29) is 6.61 Å². The molecule has 2 aromatic rings. The minimum absolute atomic E-state index is 0.240. The third kappa shape index (κ3) is 4.54. The number of aryl methyl sites for hydroxylation is 3. The fraction of sp³-hybridized carbons (Fsp3) is 0.467. The summed E-state index contributed by atoms with van der Waals surface area (Å²) < 4.78 is 10.6. The fourth-order valence-electron chi connectivity index (χ4n) is 2.03. The molecule has 0 bridgehead atoms. The second kappa shape index (κ2) is 7.19. The standard InChI is InChI=1S/C15H21N3O3/c1-10-5-4-6-11(2)15(10)20-9-13(19)7-16-8-14-17-12(3)21-18-14/h4-6,13,16,19H,7-9H2,1-3H3. The number of nitrogens with one attached hydrogen (secondary N) is 1. The van der Waals surface area contributed by atoms with Crippen LogP contribution in [0.5, 0.6) is 5.75 Å². The van der Waals surface area contributed by atoms with Gasteiger partial charge in [-0.1, -0.05) is 23.4 Å². The molecule has 21 heavy (non-hydrogen) atoms. The van der Waals surface area contributed by atoms with Gasteiger partial charge in [0, 0.05) is 13.5 Å². The Kier molecular flexibility index (Phi) is 5.30. The van der Waals surface area contributed by atoms with Crippen LogP contribution in [0.3, 0.4) is 0 Å². The highest BCUT2D eigenvalue weighted by atomic mass is 16.5. The highest BCUT2D eigenvalue weighted by Gasteiger charge is 2.09. The summed E-state index contributed by atoms with van der Waals surface area (Å²) in [6.07, 6.45) is -0.600. The van der Waals surface area contributed by atoms with Crippen molar-refractivity contribution in [2.75, 3.05) is 13.2 Å². The van der Waals surface area contributed by atoms with Crippen LogP contribution >= 0.6 is 0 Å². The Morgan fingerprint density at radius 3 is 2.62 bits per heavy atom. The van der Waals surface area contributed by atoms with Gasteiger partial charge < -0.3 is 19.7 Å². The van der Waals surface area contributed by atoms with Gasteiger partial charge >= 0.3 is 0 Å². The molecule has 0 fully saturated rings. The molecule has 1 atom stereocenters. The Hall–Kier alpha value is -1.92. The van der Waals surface area contributed by atoms with Crippen molar-refractivity contribution >= 4 is 0 Å². The maximum atomic E-state index is 9.92. The van der Waals surface area contributed by atoms with Crippen LogP contribution < -0.4 is 10.1 Å². The molecule has 2 rings (SSSR count). The lowest BCUT2D eigenvalue weighted by Crippen LogP contribution is -2.31. The van der Waals surface area contributed by atoms with Gasteiger partial charge in [0.15, 0.2) is 5.82 Å². The number of aliphatic hydroxyl groups excluding tert-OH is 1. The number of ether oxygens (including phenoxy) is 1. The Morgan fingerprint density at radius 2 is 2.00 bits per heavy atom. The predicted molar refractivity (Wildman–Crippen MR) is 78.2 cm³/mol. The molecule has 0 saturated carbocycles. The number of benzene rings is 1. The Morgan fingerprint density at radius 1 is 1.29 bits per heavy atom. The molecule has 1 unspecified atom stereocenters. The minimum Gasteiger partial charge on any atom is -0.490 e. The number of rotatable bonds is 7. The van der Waals surface area contributed by atoms with Crippen LogP contribution in [0.15, 0.2) is 22.7 Å². The first kappa shape index (κ1) is 15.5. The van der Waals surface area contributed by atoms with Crippen molar-refractivity contribution < 1.29 is 14.4 Å². The van der Waals surface area contributed by atoms with E-state index in [0.717, 1.165) is 16.9 Å². The smallest absolute Gasteiger partial charge is 0.223 e. The Balaban J connectivity index is 1.73. The van der Waals surface area contributed by atoms with Gasteiger partial charge in [0.2, 0.25) is 5.89 Å². The van der Waals surface area contributed by atoms with Gasteiger partial charge in [0.25, 0.3) is 0 Å². The summed E-state index contributed by atoms with van der Waals surface area (Å²) in [5, 5.41) is 16.8. The quantitative estimate of drug-likeness (QED) is 0.805. The monoisotopic (exact) mass is 291 g/mol. The van der Waals surface area contributed by atoms with E-state index in [4.69, 9.17) is 9.26 Å². The molecule has 1 aromatic carbocycles. The second-order valence-electron chi connectivity index (χ2n) is 5.05. The molecule has 1 aromatic heterocycles. The number of aromatic nitrogens is 2. The molecule has 0 radical (unpaired) electrons. The normalized spacial score (nSPS) is 12.4. The van der Waals surface area contributed by atoms with Gasteiger partial charge in [-0.25, -0.2) is 0 Å². The van der Waals surface area contributed by atoms with Gasteiger partial charge in [-0.3, -0.25) is 0 Å². The Labute approximate surface area is 124 Å². The largest absolute Gasteiger partial charge is 0.490 e. The minimum atomic E-state index is -0.600. The van der Waals surface area contributed by atoms with Crippen molar-refractivity contribution in [1.29, 1.82) is 0 Å². The molecule has 2 N–H and O–H groups in total. The zero-order chi connectivity index (χ0) is 15.2. The molecule has 0 saturated heterocycles. The molecule has 0 aliphatic rings. The Bertz CT molecular complexity index is 563. The van der Waals surface area contributed by atoms with Crippen LogP contribution in [0.25, 0.3) is 0 Å². The first-order chi connectivity index (χ1) is 10.1. The molecule has 0 aliphatic heterocycles. The van der Waals surface area contributed by atoms with Crippen LogP contribution in [0.1, 0.15) is 22.8 Å². The molecule has 6 nitrogen and oxygen atoms in total. The van der Waals surface area contributed by atoms with E-state index in [0.29, 0.717) is 24.8 Å². The van der Waals surface area contributed by atoms with Gasteiger partial charge in [0.05, 0.1) is 6.54 Å². The average Bonchev–Trinajstić information content (AvgIpc) is 2.84. The van der Waals surface area contributed by atoms with E-state index >= 15 is 0 Å². The van der Waals surface area contributed by atoms with Gasteiger partial charge in [-0.2, -0.15) is 4.98 Å². The van der Waals surface area contributed by atoms with Crippen molar-refractivity contribution in [1.82, 2.24) is 15.5 Å². The van der Waals surface area contributed by atoms with Gasteiger partial charge in [-0.15, -0.1) is 0 Å². The van der Waals surface area contributed by atoms with E-state index in [9.17, 15) is 5.11 Å². The molecular weight excluding hydrogens is 270 g/mol. The predicted octanol–water partition coefficient (Wildman–Crippen LogP) is 1.52. The van der Waals surface area contributed by atoms with Crippen molar-refractivity contribution in [3.63, 3.8) is 0 Å². The van der Waals surface area contributed by atoms with Crippen molar-refractivity contribution in [2.45, 2.75) is 33.4 Å². The molecule has 0 spiro atoms. The average molecular weight is 291 g/mol. The number of nitrogens with zero attached hydrogens (tertiary/aromatic N) is 2. The van der Waals surface area contributed by atoms with E-state index in [1.807, 2.05) is 32.0 Å². The lowest BCUT2D eigenvalue weighted by atomic mass is 10.1. The summed E-state index contributed by atoms with van der Waals surface area (Å²) in [6.45, 7) is 6.82. The maximum absolute atomic E-state index is 9.92. The molecular formula is C15H21N3O3. The highest BCUT2D eigenvalue weighted by molar-refractivity contribution is 5.39. The third-order valence-corrected chi connectivity index (χ3v) is 3.06. The van der Waals surface area contributed by atoms with E-state index < -0.39 is 6.10 Å². The van der Waals surface area contributed by atoms with Crippen LogP contribution in [0, 0.1) is 20.8 Å².